The van der Waals surface area contributed by atoms with E-state index in [-0.39, 0.29) is 17.2 Å². The van der Waals surface area contributed by atoms with Crippen LogP contribution in [0.4, 0.5) is 0 Å². The molecule has 0 saturated heterocycles. The minimum Gasteiger partial charge on any atom is -0.497 e. The molecule has 0 bridgehead atoms. The number of nitrogens with one attached hydrogen (secondary N) is 2. The van der Waals surface area contributed by atoms with E-state index in [1.165, 1.54) is 30.4 Å². The number of aromatic nitrogens is 5. The molecular weight excluding hydrogens is 400 g/mol. The highest BCUT2D eigenvalue weighted by Crippen LogP contribution is 2.23. The Morgan fingerprint density at radius 3 is 2.61 bits per heavy atom. The summed E-state index contributed by atoms with van der Waals surface area (Å²) in [4.78, 5) is 41.2. The fourth-order valence-electron chi connectivity index (χ4n) is 3.34. The summed E-state index contributed by atoms with van der Waals surface area (Å²) in [7, 11) is 6.43. The first-order valence-corrected chi connectivity index (χ1v) is 9.70. The molecular formula is C21H26N6O4. The number of aromatic amines is 1. The average molecular weight is 426 g/mol. The molecule has 0 unspecified atom stereocenters. The molecule has 0 saturated carbocycles. The van der Waals surface area contributed by atoms with Gasteiger partial charge in [-0.2, -0.15) is 0 Å². The lowest BCUT2D eigenvalue weighted by molar-refractivity contribution is -0.118. The van der Waals surface area contributed by atoms with E-state index in [9.17, 15) is 14.4 Å². The number of fused-ring (bicyclic) bond motifs is 2. The second-order valence-electron chi connectivity index (χ2n) is 7.19. The molecule has 1 aromatic carbocycles. The Labute approximate surface area is 178 Å². The van der Waals surface area contributed by atoms with Gasteiger partial charge < -0.3 is 19.6 Å². The van der Waals surface area contributed by atoms with Gasteiger partial charge >= 0.3 is 5.69 Å². The third-order valence-corrected chi connectivity index (χ3v) is 5.06. The molecule has 4 rings (SSSR count). The summed E-state index contributed by atoms with van der Waals surface area (Å²) in [5.41, 5.74) is 2.45. The maximum absolute atomic E-state index is 11.7. The van der Waals surface area contributed by atoms with Crippen molar-refractivity contribution in [3.8, 4) is 5.75 Å². The fourth-order valence-corrected chi connectivity index (χ4v) is 3.34. The predicted octanol–water partition coefficient (Wildman–Crippen LogP) is 0.826. The quantitative estimate of drug-likeness (QED) is 0.501. The van der Waals surface area contributed by atoms with Crippen LogP contribution in [-0.2, 0) is 32.4 Å². The second-order valence-corrected chi connectivity index (χ2v) is 7.19. The standard InChI is InChI=1S/C13H16N2O2.C8H10N4O2/c1-9(16)14-6-5-10-8-15-13-4-3-11(17-2)7-12(10)13;1-10-4-9-6-5(10)7(13)12(3)8(14)11(6)2/h3-4,7-8,15H,5-6H2,1-2H3,(H,14,16);4H,1-3H3. The van der Waals surface area contributed by atoms with Crippen LogP contribution in [0, 0.1) is 0 Å². The molecule has 164 valence electrons. The highest BCUT2D eigenvalue weighted by Gasteiger charge is 2.11. The van der Waals surface area contributed by atoms with Crippen LogP contribution in [0.3, 0.4) is 0 Å². The molecule has 4 aromatic rings. The van der Waals surface area contributed by atoms with Crippen LogP contribution in [-0.4, -0.2) is 43.2 Å². The molecule has 31 heavy (non-hydrogen) atoms. The van der Waals surface area contributed by atoms with Gasteiger partial charge in [0.1, 0.15) is 5.75 Å². The highest BCUT2D eigenvalue weighted by molar-refractivity contribution is 5.84. The van der Waals surface area contributed by atoms with Crippen molar-refractivity contribution in [1.29, 1.82) is 0 Å². The van der Waals surface area contributed by atoms with Crippen molar-refractivity contribution in [3.05, 3.63) is 57.1 Å². The Balaban J connectivity index is 0.000000179. The molecule has 0 atom stereocenters. The number of nitrogens with zero attached hydrogens (tertiary/aromatic N) is 4. The monoisotopic (exact) mass is 426 g/mol. The summed E-state index contributed by atoms with van der Waals surface area (Å²) in [5.74, 6) is 0.847. The first-order chi connectivity index (χ1) is 14.7. The van der Waals surface area contributed by atoms with Gasteiger partial charge in [-0.25, -0.2) is 9.78 Å². The Morgan fingerprint density at radius 1 is 1.19 bits per heavy atom. The molecule has 1 amide bonds. The molecule has 0 aliphatic heterocycles. The van der Waals surface area contributed by atoms with Gasteiger partial charge in [-0.15, -0.1) is 0 Å². The summed E-state index contributed by atoms with van der Waals surface area (Å²) < 4.78 is 9.25. The molecule has 3 aromatic heterocycles. The minimum atomic E-state index is -0.360. The summed E-state index contributed by atoms with van der Waals surface area (Å²) in [5, 5.41) is 3.94. The molecule has 3 heterocycles. The SMILES string of the molecule is COc1ccc2[nH]cc(CCNC(C)=O)c2c1.Cn1c(=O)c2c(ncn2C)n(C)c1=O. The average Bonchev–Trinajstić information content (AvgIpc) is 3.34. The van der Waals surface area contributed by atoms with E-state index in [1.807, 2.05) is 24.4 Å². The molecule has 2 N–H and O–H groups in total. The van der Waals surface area contributed by atoms with Crippen LogP contribution in [0.15, 0.2) is 40.3 Å². The number of benzene rings is 1. The molecule has 0 aliphatic rings. The van der Waals surface area contributed by atoms with Gasteiger partial charge in [0, 0.05) is 51.7 Å². The van der Waals surface area contributed by atoms with Crippen molar-refractivity contribution in [2.75, 3.05) is 13.7 Å². The third-order valence-electron chi connectivity index (χ3n) is 5.06. The van der Waals surface area contributed by atoms with Crippen molar-refractivity contribution in [1.82, 2.24) is 29.0 Å². The predicted molar refractivity (Wildman–Crippen MR) is 118 cm³/mol. The van der Waals surface area contributed by atoms with Gasteiger partial charge in [-0.3, -0.25) is 18.7 Å². The van der Waals surface area contributed by atoms with Crippen LogP contribution in [0.25, 0.3) is 22.1 Å². The number of carbonyl (C=O) groups excluding carboxylic acids is 1. The number of hydrogen-bond acceptors (Lipinski definition) is 5. The van der Waals surface area contributed by atoms with Crippen molar-refractivity contribution in [3.63, 3.8) is 0 Å². The van der Waals surface area contributed by atoms with Crippen molar-refractivity contribution < 1.29 is 9.53 Å². The Morgan fingerprint density at radius 2 is 1.94 bits per heavy atom. The molecule has 0 radical (unpaired) electrons. The Kier molecular flexibility index (Phi) is 6.28. The smallest absolute Gasteiger partial charge is 0.332 e. The highest BCUT2D eigenvalue weighted by atomic mass is 16.5. The van der Waals surface area contributed by atoms with Crippen molar-refractivity contribution in [2.45, 2.75) is 13.3 Å². The molecule has 0 fully saturated rings. The van der Waals surface area contributed by atoms with Crippen molar-refractivity contribution >= 4 is 28.0 Å². The second kappa shape index (κ2) is 8.90. The summed E-state index contributed by atoms with van der Waals surface area (Å²) in [6.45, 7) is 2.18. The van der Waals surface area contributed by atoms with Crippen LogP contribution < -0.4 is 21.3 Å². The van der Waals surface area contributed by atoms with Gasteiger partial charge in [-0.05, 0) is 30.2 Å². The molecule has 10 nitrogen and oxygen atoms in total. The van der Waals surface area contributed by atoms with Crippen LogP contribution in [0.5, 0.6) is 5.75 Å². The lowest BCUT2D eigenvalue weighted by atomic mass is 10.1. The Hall–Kier alpha value is -3.82. The number of rotatable bonds is 4. The zero-order valence-corrected chi connectivity index (χ0v) is 18.2. The van der Waals surface area contributed by atoms with Crippen molar-refractivity contribution in [2.24, 2.45) is 21.1 Å². The van der Waals surface area contributed by atoms with E-state index in [4.69, 9.17) is 4.74 Å². The maximum Gasteiger partial charge on any atom is 0.332 e. The summed E-state index contributed by atoms with van der Waals surface area (Å²) in [6.07, 6.45) is 4.31. The van der Waals surface area contributed by atoms with Crippen LogP contribution in [0.2, 0.25) is 0 Å². The van der Waals surface area contributed by atoms with Gasteiger partial charge in [0.25, 0.3) is 5.56 Å². The maximum atomic E-state index is 11.7. The first kappa shape index (κ1) is 21.9. The third kappa shape index (κ3) is 4.37. The van der Waals surface area contributed by atoms with Crippen LogP contribution >= 0.6 is 0 Å². The molecule has 0 spiro atoms. The van der Waals surface area contributed by atoms with Gasteiger partial charge in [0.05, 0.1) is 13.4 Å². The largest absolute Gasteiger partial charge is 0.497 e. The van der Waals surface area contributed by atoms with E-state index in [0.717, 1.165) is 27.6 Å². The summed E-state index contributed by atoms with van der Waals surface area (Å²) >= 11 is 0. The van der Waals surface area contributed by atoms with E-state index in [2.05, 4.69) is 15.3 Å². The topological polar surface area (TPSA) is 116 Å². The van der Waals surface area contributed by atoms with E-state index in [0.29, 0.717) is 17.7 Å². The first-order valence-electron chi connectivity index (χ1n) is 9.70. The zero-order chi connectivity index (χ0) is 22.7. The summed E-state index contributed by atoms with van der Waals surface area (Å²) in [6, 6.07) is 5.93. The number of aryl methyl sites for hydroxylation is 2. The molecule has 0 aliphatic carbocycles. The van der Waals surface area contributed by atoms with Gasteiger partial charge in [0.2, 0.25) is 5.91 Å². The number of methoxy groups -OCH3 is 1. The lowest BCUT2D eigenvalue weighted by Crippen LogP contribution is -2.37. The van der Waals surface area contributed by atoms with Gasteiger partial charge in [0.15, 0.2) is 11.2 Å². The minimum absolute atomic E-state index is 0.00224. The number of ether oxygens (including phenoxy) is 1. The normalized spacial score (nSPS) is 10.7. The number of H-pyrrole nitrogens is 1. The van der Waals surface area contributed by atoms with E-state index in [1.54, 1.807) is 25.8 Å². The Bertz CT molecular complexity index is 1360. The fraction of sp³-hybridized carbons (Fsp3) is 0.333. The van der Waals surface area contributed by atoms with E-state index >= 15 is 0 Å². The number of amides is 1. The van der Waals surface area contributed by atoms with E-state index < -0.39 is 0 Å². The number of carbonyl (C=O) groups is 1. The number of hydrogen-bond donors (Lipinski definition) is 2. The van der Waals surface area contributed by atoms with Gasteiger partial charge in [-0.1, -0.05) is 0 Å². The zero-order valence-electron chi connectivity index (χ0n) is 18.2. The lowest BCUT2D eigenvalue weighted by Gasteiger charge is -2.03. The number of imidazole rings is 1. The molecule has 10 heteroatoms. The van der Waals surface area contributed by atoms with Crippen LogP contribution in [0.1, 0.15) is 12.5 Å².